The number of hydrogen-bond donors (Lipinski definition) is 1. The van der Waals surface area contributed by atoms with E-state index in [-0.39, 0.29) is 25.0 Å². The number of ether oxygens (including phenoxy) is 1. The van der Waals surface area contributed by atoms with E-state index in [9.17, 15) is 9.59 Å². The molecule has 0 radical (unpaired) electrons. The van der Waals surface area contributed by atoms with E-state index in [4.69, 9.17) is 4.74 Å². The number of rotatable bonds is 9. The highest BCUT2D eigenvalue weighted by atomic mass is 79.9. The van der Waals surface area contributed by atoms with Crippen molar-refractivity contribution >= 4 is 27.7 Å². The summed E-state index contributed by atoms with van der Waals surface area (Å²) in [7, 11) is 0. The molecule has 0 saturated heterocycles. The van der Waals surface area contributed by atoms with Crippen molar-refractivity contribution in [3.8, 4) is 5.75 Å². The number of nitrogens with one attached hydrogen (secondary N) is 1. The minimum Gasteiger partial charge on any atom is -0.484 e. The summed E-state index contributed by atoms with van der Waals surface area (Å²) in [6, 6.07) is 22.7. The summed E-state index contributed by atoms with van der Waals surface area (Å²) in [5.41, 5.74) is 3.59. The lowest BCUT2D eigenvalue weighted by Gasteiger charge is -2.33. The summed E-state index contributed by atoms with van der Waals surface area (Å²) in [6.07, 6.45) is 0.395. The van der Waals surface area contributed by atoms with Gasteiger partial charge in [0.15, 0.2) is 6.61 Å². The molecule has 0 heterocycles. The molecule has 0 aromatic heterocycles. The fourth-order valence-corrected chi connectivity index (χ4v) is 4.53. The first-order valence-corrected chi connectivity index (χ1v) is 12.9. The van der Waals surface area contributed by atoms with E-state index in [1.54, 1.807) is 4.90 Å². The Morgan fingerprint density at radius 2 is 1.56 bits per heavy atom. The van der Waals surface area contributed by atoms with Gasteiger partial charge in [-0.3, -0.25) is 9.59 Å². The second-order valence-corrected chi connectivity index (χ2v) is 11.1. The molecule has 190 valence electrons. The number of halogens is 1. The Hall–Kier alpha value is -3.12. The second-order valence-electron chi connectivity index (χ2n) is 10.2. The Balaban J connectivity index is 1.94. The van der Waals surface area contributed by atoms with Gasteiger partial charge in [-0.2, -0.15) is 0 Å². The van der Waals surface area contributed by atoms with Gasteiger partial charge in [-0.1, -0.05) is 64.5 Å². The van der Waals surface area contributed by atoms with Crippen molar-refractivity contribution in [1.29, 1.82) is 0 Å². The first-order valence-electron chi connectivity index (χ1n) is 12.1. The van der Waals surface area contributed by atoms with Crippen molar-refractivity contribution in [3.63, 3.8) is 0 Å². The Labute approximate surface area is 223 Å². The maximum Gasteiger partial charge on any atom is 0.261 e. The summed E-state index contributed by atoms with van der Waals surface area (Å²) in [5.74, 6) is 0.197. The lowest BCUT2D eigenvalue weighted by Crippen LogP contribution is -2.55. The van der Waals surface area contributed by atoms with E-state index >= 15 is 0 Å². The normalized spacial score (nSPS) is 12.1. The molecule has 0 unspecified atom stereocenters. The van der Waals surface area contributed by atoms with Gasteiger partial charge in [0.25, 0.3) is 5.91 Å². The predicted molar refractivity (Wildman–Crippen MR) is 148 cm³/mol. The highest BCUT2D eigenvalue weighted by Gasteiger charge is 2.32. The fraction of sp³-hybridized carbons (Fsp3) is 0.333. The van der Waals surface area contributed by atoms with Crippen LogP contribution in [0.2, 0.25) is 0 Å². The van der Waals surface area contributed by atoms with E-state index in [0.29, 0.717) is 12.2 Å². The third-order valence-electron chi connectivity index (χ3n) is 5.57. The van der Waals surface area contributed by atoms with Crippen LogP contribution in [0.15, 0.2) is 77.3 Å². The van der Waals surface area contributed by atoms with Gasteiger partial charge in [-0.25, -0.2) is 0 Å². The summed E-state index contributed by atoms with van der Waals surface area (Å²) < 4.78 is 6.84. The third kappa shape index (κ3) is 8.52. The molecule has 36 heavy (non-hydrogen) atoms. The Morgan fingerprint density at radius 3 is 2.17 bits per heavy atom. The lowest BCUT2D eigenvalue weighted by molar-refractivity contribution is -0.143. The standard InChI is InChI=1S/C30H35BrN2O3/c1-21-14-22(2)16-26(15-21)36-20-28(34)33(19-24-12-9-13-25(31)17-24)27(29(35)32-30(3,4)5)18-23-10-7-6-8-11-23/h6-17,27H,18-20H2,1-5H3,(H,32,35)/t27-/m0/s1. The number of carbonyl (C=O) groups is 2. The van der Waals surface area contributed by atoms with Crippen molar-refractivity contribution in [3.05, 3.63) is 99.5 Å². The minimum absolute atomic E-state index is 0.162. The molecule has 0 bridgehead atoms. The average molecular weight is 552 g/mol. The van der Waals surface area contributed by atoms with Crippen molar-refractivity contribution in [2.24, 2.45) is 0 Å². The quantitative estimate of drug-likeness (QED) is 0.355. The molecule has 0 aliphatic heterocycles. The van der Waals surface area contributed by atoms with Crippen LogP contribution in [0.4, 0.5) is 0 Å². The van der Waals surface area contributed by atoms with E-state index in [0.717, 1.165) is 26.7 Å². The summed E-state index contributed by atoms with van der Waals surface area (Å²) in [4.78, 5) is 28.9. The minimum atomic E-state index is -0.707. The summed E-state index contributed by atoms with van der Waals surface area (Å²) >= 11 is 3.52. The molecule has 3 aromatic rings. The van der Waals surface area contributed by atoms with Crippen molar-refractivity contribution < 1.29 is 14.3 Å². The van der Waals surface area contributed by atoms with Crippen LogP contribution >= 0.6 is 15.9 Å². The van der Waals surface area contributed by atoms with Crippen molar-refractivity contribution in [1.82, 2.24) is 10.2 Å². The van der Waals surface area contributed by atoms with Crippen LogP contribution in [0.3, 0.4) is 0 Å². The largest absolute Gasteiger partial charge is 0.484 e. The molecule has 1 N–H and O–H groups in total. The van der Waals surface area contributed by atoms with Gasteiger partial charge in [-0.05, 0) is 81.1 Å². The molecule has 3 rings (SSSR count). The van der Waals surface area contributed by atoms with Gasteiger partial charge in [0, 0.05) is 23.0 Å². The Kier molecular flexibility index (Phi) is 9.32. The molecular weight excluding hydrogens is 516 g/mol. The van der Waals surface area contributed by atoms with Gasteiger partial charge in [0.2, 0.25) is 5.91 Å². The highest BCUT2D eigenvalue weighted by Crippen LogP contribution is 2.20. The number of carbonyl (C=O) groups excluding carboxylic acids is 2. The molecular formula is C30H35BrN2O3. The van der Waals surface area contributed by atoms with Crippen LogP contribution in [-0.2, 0) is 22.6 Å². The number of hydrogen-bond acceptors (Lipinski definition) is 3. The monoisotopic (exact) mass is 550 g/mol. The first-order chi connectivity index (χ1) is 17.0. The van der Waals surface area contributed by atoms with Gasteiger partial charge in [0.1, 0.15) is 11.8 Å². The Bertz CT molecular complexity index is 1170. The lowest BCUT2D eigenvalue weighted by atomic mass is 10.0. The molecule has 0 aliphatic carbocycles. The fourth-order valence-electron chi connectivity index (χ4n) is 4.08. The molecule has 5 nitrogen and oxygen atoms in total. The SMILES string of the molecule is Cc1cc(C)cc(OCC(=O)N(Cc2cccc(Br)c2)[C@@H](Cc2ccccc2)C(=O)NC(C)(C)C)c1. The van der Waals surface area contributed by atoms with E-state index in [2.05, 4.69) is 27.3 Å². The molecule has 6 heteroatoms. The zero-order valence-corrected chi connectivity index (χ0v) is 23.3. The van der Waals surface area contributed by atoms with Crippen LogP contribution in [-0.4, -0.2) is 34.9 Å². The molecule has 0 spiro atoms. The van der Waals surface area contributed by atoms with E-state index in [1.165, 1.54) is 0 Å². The summed E-state index contributed by atoms with van der Waals surface area (Å²) in [6.45, 7) is 9.92. The van der Waals surface area contributed by atoms with Crippen LogP contribution in [0.5, 0.6) is 5.75 Å². The van der Waals surface area contributed by atoms with Gasteiger partial charge in [-0.15, -0.1) is 0 Å². The average Bonchev–Trinajstić information content (AvgIpc) is 2.79. The van der Waals surface area contributed by atoms with Gasteiger partial charge in [0.05, 0.1) is 0 Å². The van der Waals surface area contributed by atoms with E-state index < -0.39 is 11.6 Å². The number of amides is 2. The smallest absolute Gasteiger partial charge is 0.261 e. The van der Waals surface area contributed by atoms with Crippen LogP contribution in [0, 0.1) is 13.8 Å². The molecule has 1 atom stereocenters. The zero-order chi connectivity index (χ0) is 26.3. The number of benzene rings is 3. The molecule has 3 aromatic carbocycles. The number of aryl methyl sites for hydroxylation is 2. The maximum atomic E-state index is 13.7. The second kappa shape index (κ2) is 12.2. The van der Waals surface area contributed by atoms with Crippen LogP contribution in [0.1, 0.15) is 43.0 Å². The topological polar surface area (TPSA) is 58.6 Å². The van der Waals surface area contributed by atoms with Gasteiger partial charge < -0.3 is 15.0 Å². The highest BCUT2D eigenvalue weighted by molar-refractivity contribution is 9.10. The zero-order valence-electron chi connectivity index (χ0n) is 21.7. The first kappa shape index (κ1) is 27.5. The molecule has 0 aliphatic rings. The molecule has 2 amide bonds. The van der Waals surface area contributed by atoms with Crippen LogP contribution in [0.25, 0.3) is 0 Å². The van der Waals surface area contributed by atoms with Gasteiger partial charge >= 0.3 is 0 Å². The third-order valence-corrected chi connectivity index (χ3v) is 6.06. The predicted octanol–water partition coefficient (Wildman–Crippen LogP) is 6.00. The maximum absolute atomic E-state index is 13.7. The van der Waals surface area contributed by atoms with E-state index in [1.807, 2.05) is 101 Å². The molecule has 0 saturated carbocycles. The van der Waals surface area contributed by atoms with Crippen molar-refractivity contribution in [2.75, 3.05) is 6.61 Å². The van der Waals surface area contributed by atoms with Crippen molar-refractivity contribution in [2.45, 2.75) is 59.2 Å². The van der Waals surface area contributed by atoms with Crippen LogP contribution < -0.4 is 10.1 Å². The summed E-state index contributed by atoms with van der Waals surface area (Å²) in [5, 5.41) is 3.08. The Morgan fingerprint density at radius 1 is 0.917 bits per heavy atom. The molecule has 0 fully saturated rings. The number of nitrogens with zero attached hydrogens (tertiary/aromatic N) is 1.